The SMILES string of the molecule is NCC1CCCCC1OC(=O)Nc1ccc(Cl)cc1. The van der Waals surface area contributed by atoms with Gasteiger partial charge in [0.15, 0.2) is 0 Å². The highest BCUT2D eigenvalue weighted by Crippen LogP contribution is 2.26. The van der Waals surface area contributed by atoms with Crippen molar-refractivity contribution in [3.05, 3.63) is 29.3 Å². The molecule has 0 heterocycles. The first-order valence-electron chi connectivity index (χ1n) is 6.62. The minimum atomic E-state index is -0.423. The van der Waals surface area contributed by atoms with Crippen molar-refractivity contribution in [1.29, 1.82) is 0 Å². The molecule has 5 heteroatoms. The van der Waals surface area contributed by atoms with Gasteiger partial charge in [-0.25, -0.2) is 4.79 Å². The number of carbonyl (C=O) groups excluding carboxylic acids is 1. The quantitative estimate of drug-likeness (QED) is 0.893. The molecule has 1 aliphatic carbocycles. The van der Waals surface area contributed by atoms with Gasteiger partial charge in [-0.3, -0.25) is 5.32 Å². The van der Waals surface area contributed by atoms with Gasteiger partial charge < -0.3 is 10.5 Å². The Morgan fingerprint density at radius 2 is 2.00 bits per heavy atom. The number of anilines is 1. The van der Waals surface area contributed by atoms with E-state index in [2.05, 4.69) is 5.32 Å². The van der Waals surface area contributed by atoms with E-state index in [0.29, 0.717) is 17.3 Å². The number of nitrogens with one attached hydrogen (secondary N) is 1. The van der Waals surface area contributed by atoms with Gasteiger partial charge in [0.1, 0.15) is 6.10 Å². The van der Waals surface area contributed by atoms with Crippen LogP contribution < -0.4 is 11.1 Å². The molecule has 1 aliphatic rings. The summed E-state index contributed by atoms with van der Waals surface area (Å²) < 4.78 is 5.47. The van der Waals surface area contributed by atoms with Gasteiger partial charge in [-0.2, -0.15) is 0 Å². The number of hydrogen-bond donors (Lipinski definition) is 2. The molecule has 0 spiro atoms. The molecule has 104 valence electrons. The zero-order chi connectivity index (χ0) is 13.7. The average molecular weight is 283 g/mol. The van der Waals surface area contributed by atoms with Crippen LogP contribution in [0.2, 0.25) is 5.02 Å². The third kappa shape index (κ3) is 4.11. The van der Waals surface area contributed by atoms with Crippen LogP contribution in [0.5, 0.6) is 0 Å². The normalized spacial score (nSPS) is 22.8. The highest BCUT2D eigenvalue weighted by molar-refractivity contribution is 6.30. The van der Waals surface area contributed by atoms with E-state index in [1.54, 1.807) is 24.3 Å². The van der Waals surface area contributed by atoms with E-state index in [9.17, 15) is 4.79 Å². The first kappa shape index (κ1) is 14.2. The Balaban J connectivity index is 1.88. The fraction of sp³-hybridized carbons (Fsp3) is 0.500. The standard InChI is InChI=1S/C14H19ClN2O2/c15-11-5-7-12(8-6-11)17-14(18)19-13-4-2-1-3-10(13)9-16/h5-8,10,13H,1-4,9,16H2,(H,17,18). The second-order valence-electron chi connectivity index (χ2n) is 4.86. The molecule has 0 radical (unpaired) electrons. The van der Waals surface area contributed by atoms with E-state index < -0.39 is 6.09 Å². The van der Waals surface area contributed by atoms with Crippen LogP contribution in [0.1, 0.15) is 25.7 Å². The lowest BCUT2D eigenvalue weighted by Gasteiger charge is -2.30. The average Bonchev–Trinajstić information content (AvgIpc) is 2.42. The number of carbonyl (C=O) groups is 1. The monoisotopic (exact) mass is 282 g/mol. The number of amides is 1. The molecule has 1 aromatic carbocycles. The zero-order valence-electron chi connectivity index (χ0n) is 10.8. The topological polar surface area (TPSA) is 64.3 Å². The summed E-state index contributed by atoms with van der Waals surface area (Å²) in [5.74, 6) is 0.282. The van der Waals surface area contributed by atoms with Crippen molar-refractivity contribution in [2.24, 2.45) is 11.7 Å². The summed E-state index contributed by atoms with van der Waals surface area (Å²) in [7, 11) is 0. The summed E-state index contributed by atoms with van der Waals surface area (Å²) in [4.78, 5) is 11.8. The third-order valence-electron chi connectivity index (χ3n) is 3.49. The fourth-order valence-electron chi connectivity index (χ4n) is 2.42. The Bertz CT molecular complexity index is 422. The minimum Gasteiger partial charge on any atom is -0.446 e. The van der Waals surface area contributed by atoms with Crippen LogP contribution in [0.15, 0.2) is 24.3 Å². The van der Waals surface area contributed by atoms with Gasteiger partial charge in [0.2, 0.25) is 0 Å². The Hall–Kier alpha value is -1.26. The molecule has 0 aromatic heterocycles. The Labute approximate surface area is 118 Å². The first-order valence-corrected chi connectivity index (χ1v) is 7.00. The molecule has 2 unspecified atom stereocenters. The maximum absolute atomic E-state index is 11.8. The summed E-state index contributed by atoms with van der Waals surface area (Å²) in [5, 5.41) is 3.33. The second kappa shape index (κ2) is 6.78. The van der Waals surface area contributed by atoms with E-state index in [1.165, 1.54) is 6.42 Å². The highest BCUT2D eigenvalue weighted by Gasteiger charge is 2.27. The minimum absolute atomic E-state index is 0.0638. The number of hydrogen-bond acceptors (Lipinski definition) is 3. The fourth-order valence-corrected chi connectivity index (χ4v) is 2.54. The summed E-state index contributed by atoms with van der Waals surface area (Å²) in [6.45, 7) is 0.568. The number of ether oxygens (including phenoxy) is 1. The molecule has 1 saturated carbocycles. The van der Waals surface area contributed by atoms with Gasteiger partial charge in [0.05, 0.1) is 0 Å². The predicted octanol–water partition coefficient (Wildman–Crippen LogP) is 3.41. The van der Waals surface area contributed by atoms with Crippen LogP contribution in [0.3, 0.4) is 0 Å². The molecule has 1 fully saturated rings. The lowest BCUT2D eigenvalue weighted by Crippen LogP contribution is -2.35. The molecule has 2 rings (SSSR count). The molecule has 1 amide bonds. The van der Waals surface area contributed by atoms with Gasteiger partial charge in [-0.15, -0.1) is 0 Å². The lowest BCUT2D eigenvalue weighted by molar-refractivity contribution is 0.0489. The molecule has 3 N–H and O–H groups in total. The zero-order valence-corrected chi connectivity index (χ0v) is 11.5. The van der Waals surface area contributed by atoms with Crippen LogP contribution in [-0.2, 0) is 4.74 Å². The largest absolute Gasteiger partial charge is 0.446 e. The van der Waals surface area contributed by atoms with E-state index in [0.717, 1.165) is 19.3 Å². The molecule has 19 heavy (non-hydrogen) atoms. The van der Waals surface area contributed by atoms with Gasteiger partial charge in [-0.05, 0) is 50.1 Å². The molecule has 4 nitrogen and oxygen atoms in total. The van der Waals surface area contributed by atoms with Crippen molar-refractivity contribution < 1.29 is 9.53 Å². The summed E-state index contributed by atoms with van der Waals surface area (Å²) in [6.07, 6.45) is 3.71. The summed E-state index contributed by atoms with van der Waals surface area (Å²) in [5.41, 5.74) is 6.39. The van der Waals surface area contributed by atoms with Crippen molar-refractivity contribution >= 4 is 23.4 Å². The number of halogens is 1. The van der Waals surface area contributed by atoms with Crippen molar-refractivity contribution in [1.82, 2.24) is 0 Å². The van der Waals surface area contributed by atoms with Crippen LogP contribution in [0.4, 0.5) is 10.5 Å². The molecule has 1 aromatic rings. The van der Waals surface area contributed by atoms with Crippen LogP contribution in [-0.4, -0.2) is 18.7 Å². The predicted molar refractivity (Wildman–Crippen MR) is 76.4 cm³/mol. The Kier molecular flexibility index (Phi) is 5.05. The first-order chi connectivity index (χ1) is 9.19. The van der Waals surface area contributed by atoms with Crippen molar-refractivity contribution in [3.8, 4) is 0 Å². The summed E-state index contributed by atoms with van der Waals surface area (Å²) in [6, 6.07) is 6.93. The van der Waals surface area contributed by atoms with E-state index in [4.69, 9.17) is 22.1 Å². The molecule has 0 bridgehead atoms. The molecule has 2 atom stereocenters. The van der Waals surface area contributed by atoms with E-state index in [-0.39, 0.29) is 12.0 Å². The number of rotatable bonds is 3. The number of benzene rings is 1. The Morgan fingerprint density at radius 1 is 1.32 bits per heavy atom. The number of nitrogens with two attached hydrogens (primary N) is 1. The smallest absolute Gasteiger partial charge is 0.411 e. The van der Waals surface area contributed by atoms with Gasteiger partial charge in [0, 0.05) is 16.6 Å². The lowest BCUT2D eigenvalue weighted by atomic mass is 9.86. The Morgan fingerprint density at radius 3 is 2.68 bits per heavy atom. The maximum Gasteiger partial charge on any atom is 0.411 e. The van der Waals surface area contributed by atoms with Crippen LogP contribution in [0, 0.1) is 5.92 Å². The van der Waals surface area contributed by atoms with Gasteiger partial charge >= 0.3 is 6.09 Å². The maximum atomic E-state index is 11.8. The molecular weight excluding hydrogens is 264 g/mol. The van der Waals surface area contributed by atoms with Crippen LogP contribution in [0.25, 0.3) is 0 Å². The highest BCUT2D eigenvalue weighted by atomic mass is 35.5. The molecular formula is C14H19ClN2O2. The van der Waals surface area contributed by atoms with Crippen molar-refractivity contribution in [3.63, 3.8) is 0 Å². The second-order valence-corrected chi connectivity index (χ2v) is 5.29. The third-order valence-corrected chi connectivity index (χ3v) is 3.74. The van der Waals surface area contributed by atoms with Gasteiger partial charge in [-0.1, -0.05) is 18.0 Å². The molecule has 0 saturated heterocycles. The van der Waals surface area contributed by atoms with E-state index >= 15 is 0 Å². The van der Waals surface area contributed by atoms with E-state index in [1.807, 2.05) is 0 Å². The summed E-state index contributed by atoms with van der Waals surface area (Å²) >= 11 is 5.78. The van der Waals surface area contributed by atoms with Crippen molar-refractivity contribution in [2.75, 3.05) is 11.9 Å². The van der Waals surface area contributed by atoms with Crippen molar-refractivity contribution in [2.45, 2.75) is 31.8 Å². The van der Waals surface area contributed by atoms with Gasteiger partial charge in [0.25, 0.3) is 0 Å². The van der Waals surface area contributed by atoms with Crippen LogP contribution >= 0.6 is 11.6 Å². The molecule has 0 aliphatic heterocycles.